The van der Waals surface area contributed by atoms with E-state index in [1.165, 1.54) is 0 Å². The van der Waals surface area contributed by atoms with Gasteiger partial charge in [-0.05, 0) is 30.7 Å². The first-order valence-corrected chi connectivity index (χ1v) is 6.68. The summed E-state index contributed by atoms with van der Waals surface area (Å²) >= 11 is 1.65. The number of hydrogen-bond acceptors (Lipinski definition) is 4. The van der Waals surface area contributed by atoms with Crippen LogP contribution in [-0.4, -0.2) is 14.8 Å². The van der Waals surface area contributed by atoms with Crippen LogP contribution in [0, 0.1) is 0 Å². The van der Waals surface area contributed by atoms with Crippen molar-refractivity contribution >= 4 is 27.2 Å². The predicted octanol–water partition coefficient (Wildman–Crippen LogP) is 2.84. The zero-order valence-corrected chi connectivity index (χ0v) is 11.2. The van der Waals surface area contributed by atoms with Crippen molar-refractivity contribution in [3.63, 3.8) is 0 Å². The molecule has 2 heterocycles. The Morgan fingerprint density at radius 1 is 1.33 bits per heavy atom. The lowest BCUT2D eigenvalue weighted by atomic mass is 10.3. The van der Waals surface area contributed by atoms with Gasteiger partial charge in [0.2, 0.25) is 0 Å². The molecule has 0 aliphatic rings. The second-order valence-electron chi connectivity index (χ2n) is 4.24. The second-order valence-corrected chi connectivity index (χ2v) is 5.27. The quantitative estimate of drug-likeness (QED) is 0.719. The average Bonchev–Trinajstić information content (AvgIpc) is 2.91. The number of hydrogen-bond donors (Lipinski definition) is 1. The Hall–Kier alpha value is -1.88. The second kappa shape index (κ2) is 4.10. The molecule has 2 N–H and O–H groups in total. The van der Waals surface area contributed by atoms with E-state index in [1.807, 2.05) is 29.9 Å². The normalized spacial score (nSPS) is 11.2. The molecule has 92 valence electrons. The van der Waals surface area contributed by atoms with Gasteiger partial charge in [0.15, 0.2) is 0 Å². The van der Waals surface area contributed by atoms with E-state index >= 15 is 0 Å². The molecule has 0 spiro atoms. The van der Waals surface area contributed by atoms with E-state index in [-0.39, 0.29) is 0 Å². The highest BCUT2D eigenvalue weighted by Gasteiger charge is 2.11. The summed E-state index contributed by atoms with van der Waals surface area (Å²) in [6, 6.07) is 7.91. The molecule has 3 rings (SSSR count). The maximum Gasteiger partial charge on any atom is 0.142 e. The van der Waals surface area contributed by atoms with E-state index in [0.717, 1.165) is 38.7 Å². The third kappa shape index (κ3) is 1.76. The Bertz CT molecular complexity index is 711. The number of aryl methyl sites for hydroxylation is 2. The van der Waals surface area contributed by atoms with Crippen LogP contribution >= 0.6 is 11.3 Å². The van der Waals surface area contributed by atoms with Gasteiger partial charge in [-0.1, -0.05) is 6.92 Å². The Kier molecular flexibility index (Phi) is 2.56. The number of benzene rings is 1. The van der Waals surface area contributed by atoms with Gasteiger partial charge in [0.25, 0.3) is 0 Å². The van der Waals surface area contributed by atoms with Crippen LogP contribution in [0.4, 0.5) is 5.69 Å². The molecule has 2 aromatic heterocycles. The number of fused-ring (bicyclic) bond motifs is 1. The first-order chi connectivity index (χ1) is 8.67. The first-order valence-electron chi connectivity index (χ1n) is 5.86. The van der Waals surface area contributed by atoms with Gasteiger partial charge < -0.3 is 5.73 Å². The highest BCUT2D eigenvalue weighted by molar-refractivity contribution is 7.21. The Morgan fingerprint density at radius 2 is 2.17 bits per heavy atom. The lowest BCUT2D eigenvalue weighted by molar-refractivity contribution is 0.752. The zero-order valence-electron chi connectivity index (χ0n) is 10.3. The van der Waals surface area contributed by atoms with Crippen molar-refractivity contribution in [3.05, 3.63) is 30.0 Å². The maximum absolute atomic E-state index is 5.79. The van der Waals surface area contributed by atoms with Gasteiger partial charge in [0.1, 0.15) is 5.01 Å². The number of nitrogens with zero attached hydrogens (tertiary/aromatic N) is 3. The van der Waals surface area contributed by atoms with E-state index in [2.05, 4.69) is 23.1 Å². The van der Waals surface area contributed by atoms with Gasteiger partial charge in [-0.2, -0.15) is 5.10 Å². The minimum atomic E-state index is 0.775. The van der Waals surface area contributed by atoms with Crippen LogP contribution < -0.4 is 5.73 Å². The summed E-state index contributed by atoms with van der Waals surface area (Å²) in [7, 11) is 1.95. The van der Waals surface area contributed by atoms with Crippen LogP contribution in [0.1, 0.15) is 12.6 Å². The van der Waals surface area contributed by atoms with Crippen LogP contribution in [0.2, 0.25) is 0 Å². The van der Waals surface area contributed by atoms with Gasteiger partial charge in [-0.15, -0.1) is 11.3 Å². The summed E-state index contributed by atoms with van der Waals surface area (Å²) in [5.74, 6) is 0. The number of aromatic nitrogens is 3. The van der Waals surface area contributed by atoms with Crippen molar-refractivity contribution < 1.29 is 0 Å². The Morgan fingerprint density at radius 3 is 2.89 bits per heavy atom. The van der Waals surface area contributed by atoms with E-state index in [0.29, 0.717) is 0 Å². The molecule has 5 heteroatoms. The number of rotatable bonds is 2. The maximum atomic E-state index is 5.79. The number of anilines is 1. The van der Waals surface area contributed by atoms with Gasteiger partial charge in [-0.3, -0.25) is 4.68 Å². The van der Waals surface area contributed by atoms with Crippen molar-refractivity contribution in [2.24, 2.45) is 7.05 Å². The van der Waals surface area contributed by atoms with Gasteiger partial charge in [0, 0.05) is 12.7 Å². The van der Waals surface area contributed by atoms with Crippen LogP contribution in [0.3, 0.4) is 0 Å². The van der Waals surface area contributed by atoms with Crippen LogP contribution in [-0.2, 0) is 13.5 Å². The lowest BCUT2D eigenvalue weighted by Crippen LogP contribution is -1.93. The molecule has 0 aliphatic carbocycles. The molecule has 0 bridgehead atoms. The molecule has 0 aliphatic heterocycles. The molecule has 4 nitrogen and oxygen atoms in total. The highest BCUT2D eigenvalue weighted by atomic mass is 32.1. The molecule has 3 aromatic rings. The number of nitrogen functional groups attached to an aromatic ring is 1. The van der Waals surface area contributed by atoms with E-state index in [9.17, 15) is 0 Å². The molecule has 0 unspecified atom stereocenters. The smallest absolute Gasteiger partial charge is 0.142 e. The van der Waals surface area contributed by atoms with Gasteiger partial charge >= 0.3 is 0 Å². The topological polar surface area (TPSA) is 56.7 Å². The molecule has 0 fully saturated rings. The molecular weight excluding hydrogens is 244 g/mol. The summed E-state index contributed by atoms with van der Waals surface area (Å²) in [6.45, 7) is 2.10. The standard InChI is InChI=1S/C13H14N4S/c1-3-9-7-11(17(2)16-9)13-15-10-5-4-8(14)6-12(10)18-13/h4-7H,3,14H2,1-2H3. The highest BCUT2D eigenvalue weighted by Crippen LogP contribution is 2.31. The zero-order chi connectivity index (χ0) is 12.7. The summed E-state index contributed by atoms with van der Waals surface area (Å²) in [5, 5.41) is 5.44. The van der Waals surface area contributed by atoms with Crippen molar-refractivity contribution in [1.29, 1.82) is 0 Å². The molecule has 0 amide bonds. The first kappa shape index (κ1) is 11.2. The van der Waals surface area contributed by atoms with Crippen molar-refractivity contribution in [3.8, 4) is 10.7 Å². The third-order valence-electron chi connectivity index (χ3n) is 2.92. The van der Waals surface area contributed by atoms with Crippen molar-refractivity contribution in [2.75, 3.05) is 5.73 Å². The minimum absolute atomic E-state index is 0.775. The van der Waals surface area contributed by atoms with Crippen molar-refractivity contribution in [1.82, 2.24) is 14.8 Å². The van der Waals surface area contributed by atoms with Crippen LogP contribution in [0.5, 0.6) is 0 Å². The van der Waals surface area contributed by atoms with E-state index < -0.39 is 0 Å². The van der Waals surface area contributed by atoms with Crippen LogP contribution in [0.25, 0.3) is 20.9 Å². The lowest BCUT2D eigenvalue weighted by Gasteiger charge is -1.94. The fraction of sp³-hybridized carbons (Fsp3) is 0.231. The largest absolute Gasteiger partial charge is 0.399 e. The average molecular weight is 258 g/mol. The van der Waals surface area contributed by atoms with Crippen molar-refractivity contribution in [2.45, 2.75) is 13.3 Å². The monoisotopic (exact) mass is 258 g/mol. The summed E-state index contributed by atoms with van der Waals surface area (Å²) < 4.78 is 3.00. The predicted molar refractivity (Wildman–Crippen MR) is 75.6 cm³/mol. The molecule has 0 radical (unpaired) electrons. The third-order valence-corrected chi connectivity index (χ3v) is 3.96. The van der Waals surface area contributed by atoms with Gasteiger partial charge in [-0.25, -0.2) is 4.98 Å². The molecule has 18 heavy (non-hydrogen) atoms. The molecule has 1 aromatic carbocycles. The summed E-state index contributed by atoms with van der Waals surface area (Å²) in [4.78, 5) is 4.63. The fourth-order valence-corrected chi connectivity index (χ4v) is 3.01. The Balaban J connectivity index is 2.15. The summed E-state index contributed by atoms with van der Waals surface area (Å²) in [5.41, 5.74) is 9.70. The molecular formula is C13H14N4S. The van der Waals surface area contributed by atoms with E-state index in [1.54, 1.807) is 11.3 Å². The van der Waals surface area contributed by atoms with Crippen LogP contribution in [0.15, 0.2) is 24.3 Å². The fourth-order valence-electron chi connectivity index (χ4n) is 1.95. The number of thiazole rings is 1. The van der Waals surface area contributed by atoms with E-state index in [4.69, 9.17) is 5.73 Å². The molecule has 0 saturated heterocycles. The summed E-state index contributed by atoms with van der Waals surface area (Å²) in [6.07, 6.45) is 0.936. The Labute approximate surface area is 109 Å². The van der Waals surface area contributed by atoms with Gasteiger partial charge in [0.05, 0.1) is 21.6 Å². The SMILES string of the molecule is CCc1cc(-c2nc3ccc(N)cc3s2)n(C)n1. The number of nitrogens with two attached hydrogens (primary N) is 1. The minimum Gasteiger partial charge on any atom is -0.399 e. The molecule has 0 saturated carbocycles. The molecule has 0 atom stereocenters.